The van der Waals surface area contributed by atoms with E-state index in [9.17, 15) is 0 Å². The molecule has 0 saturated carbocycles. The zero-order valence-corrected chi connectivity index (χ0v) is 12.8. The number of rotatable bonds is 8. The smallest absolute Gasteiger partial charge is 0.188 e. The van der Waals surface area contributed by atoms with Crippen LogP contribution in [0.4, 0.5) is 0 Å². The van der Waals surface area contributed by atoms with Crippen LogP contribution >= 0.6 is 0 Å². The number of piperidine rings is 1. The summed E-state index contributed by atoms with van der Waals surface area (Å²) in [7, 11) is 0. The molecule has 19 heavy (non-hydrogen) atoms. The molecule has 1 saturated heterocycles. The van der Waals surface area contributed by atoms with E-state index in [0.29, 0.717) is 5.96 Å². The molecule has 1 heterocycles. The van der Waals surface area contributed by atoms with Gasteiger partial charge < -0.3 is 16.0 Å². The van der Waals surface area contributed by atoms with E-state index in [1.54, 1.807) is 0 Å². The minimum Gasteiger partial charge on any atom is -0.370 e. The second-order valence-corrected chi connectivity index (χ2v) is 5.64. The van der Waals surface area contributed by atoms with Gasteiger partial charge in [0.2, 0.25) is 0 Å². The zero-order valence-electron chi connectivity index (χ0n) is 12.8. The summed E-state index contributed by atoms with van der Waals surface area (Å²) in [5.41, 5.74) is 5.79. The van der Waals surface area contributed by atoms with Crippen LogP contribution in [0.5, 0.6) is 0 Å². The van der Waals surface area contributed by atoms with E-state index in [2.05, 4.69) is 29.1 Å². The molecular formula is C15H32N4. The van der Waals surface area contributed by atoms with Crippen molar-refractivity contribution in [3.8, 4) is 0 Å². The minimum absolute atomic E-state index is 0.611. The van der Waals surface area contributed by atoms with E-state index < -0.39 is 0 Å². The quantitative estimate of drug-likeness (QED) is 0.404. The summed E-state index contributed by atoms with van der Waals surface area (Å²) in [6, 6.07) is 0.776. The number of guanidine groups is 1. The molecule has 1 fully saturated rings. The highest BCUT2D eigenvalue weighted by Gasteiger charge is 2.16. The van der Waals surface area contributed by atoms with E-state index in [4.69, 9.17) is 5.73 Å². The van der Waals surface area contributed by atoms with Crippen LogP contribution in [0.25, 0.3) is 0 Å². The number of nitrogens with two attached hydrogens (primary N) is 1. The van der Waals surface area contributed by atoms with Crippen LogP contribution in [0, 0.1) is 0 Å². The lowest BCUT2D eigenvalue weighted by atomic mass is 10.0. The molecule has 1 aliphatic heterocycles. The van der Waals surface area contributed by atoms with Gasteiger partial charge in [-0.05, 0) is 52.1 Å². The number of hydrogen-bond acceptors (Lipinski definition) is 2. The highest BCUT2D eigenvalue weighted by molar-refractivity contribution is 5.77. The number of unbranched alkanes of at least 4 members (excludes halogenated alkanes) is 2. The molecular weight excluding hydrogens is 236 g/mol. The SMILES string of the molecule is CCCCNC(N)=NCCCCN1CCCCC1C. The first-order valence-electron chi connectivity index (χ1n) is 8.02. The van der Waals surface area contributed by atoms with Gasteiger partial charge in [-0.25, -0.2) is 0 Å². The Morgan fingerprint density at radius 1 is 1.32 bits per heavy atom. The van der Waals surface area contributed by atoms with Gasteiger partial charge in [-0.15, -0.1) is 0 Å². The molecule has 3 N–H and O–H groups in total. The van der Waals surface area contributed by atoms with E-state index in [1.807, 2.05) is 0 Å². The second kappa shape index (κ2) is 10.1. The van der Waals surface area contributed by atoms with Crippen molar-refractivity contribution in [1.29, 1.82) is 0 Å². The van der Waals surface area contributed by atoms with Gasteiger partial charge >= 0.3 is 0 Å². The van der Waals surface area contributed by atoms with E-state index in [0.717, 1.165) is 32.0 Å². The van der Waals surface area contributed by atoms with Gasteiger partial charge in [0.15, 0.2) is 5.96 Å². The zero-order chi connectivity index (χ0) is 13.9. The molecule has 0 aliphatic carbocycles. The van der Waals surface area contributed by atoms with Crippen molar-refractivity contribution in [3.63, 3.8) is 0 Å². The highest BCUT2D eigenvalue weighted by Crippen LogP contribution is 2.16. The fourth-order valence-corrected chi connectivity index (χ4v) is 2.57. The maximum atomic E-state index is 5.79. The van der Waals surface area contributed by atoms with Crippen molar-refractivity contribution >= 4 is 5.96 Å². The van der Waals surface area contributed by atoms with Gasteiger partial charge in [-0.2, -0.15) is 0 Å². The first kappa shape index (κ1) is 16.3. The molecule has 1 rings (SSSR count). The first-order valence-corrected chi connectivity index (χ1v) is 8.02. The molecule has 0 radical (unpaired) electrons. The van der Waals surface area contributed by atoms with Gasteiger partial charge in [0.25, 0.3) is 0 Å². The lowest BCUT2D eigenvalue weighted by Gasteiger charge is -2.33. The third kappa shape index (κ3) is 7.41. The Hall–Kier alpha value is -0.770. The Bertz CT molecular complexity index is 253. The standard InChI is InChI=1S/C15H32N4/c1-3-4-10-17-15(16)18-11-6-8-13-19-12-7-5-9-14(19)2/h14H,3-13H2,1-2H3,(H3,16,17,18). The molecule has 0 spiro atoms. The fourth-order valence-electron chi connectivity index (χ4n) is 2.57. The molecule has 112 valence electrons. The van der Waals surface area contributed by atoms with Crippen molar-refractivity contribution in [2.24, 2.45) is 10.7 Å². The number of hydrogen-bond donors (Lipinski definition) is 2. The highest BCUT2D eigenvalue weighted by atomic mass is 15.2. The van der Waals surface area contributed by atoms with Crippen molar-refractivity contribution in [1.82, 2.24) is 10.2 Å². The van der Waals surface area contributed by atoms with Gasteiger partial charge in [0.1, 0.15) is 0 Å². The Balaban J connectivity index is 2.02. The van der Waals surface area contributed by atoms with Crippen LogP contribution in [-0.4, -0.2) is 43.1 Å². The Kier molecular flexibility index (Phi) is 8.63. The molecule has 1 atom stereocenters. The molecule has 0 aromatic rings. The summed E-state index contributed by atoms with van der Waals surface area (Å²) in [5.74, 6) is 0.611. The van der Waals surface area contributed by atoms with Gasteiger partial charge in [-0.3, -0.25) is 4.99 Å². The summed E-state index contributed by atoms with van der Waals surface area (Å²) in [5, 5.41) is 3.15. The van der Waals surface area contributed by atoms with Crippen LogP contribution in [0.3, 0.4) is 0 Å². The van der Waals surface area contributed by atoms with Crippen molar-refractivity contribution in [2.45, 2.75) is 64.8 Å². The van der Waals surface area contributed by atoms with Gasteiger partial charge in [-0.1, -0.05) is 19.8 Å². The maximum absolute atomic E-state index is 5.79. The third-order valence-corrected chi connectivity index (χ3v) is 3.91. The lowest BCUT2D eigenvalue weighted by molar-refractivity contribution is 0.158. The molecule has 0 bridgehead atoms. The number of aliphatic imine (C=N–C) groups is 1. The molecule has 0 aromatic carbocycles. The van der Waals surface area contributed by atoms with Gasteiger partial charge in [0, 0.05) is 19.1 Å². The van der Waals surface area contributed by atoms with E-state index in [1.165, 1.54) is 45.2 Å². The summed E-state index contributed by atoms with van der Waals surface area (Å²) in [4.78, 5) is 6.98. The number of nitrogens with one attached hydrogen (secondary N) is 1. The second-order valence-electron chi connectivity index (χ2n) is 5.64. The van der Waals surface area contributed by atoms with Gasteiger partial charge in [0.05, 0.1) is 0 Å². The fraction of sp³-hybridized carbons (Fsp3) is 0.933. The topological polar surface area (TPSA) is 53.6 Å². The molecule has 0 aromatic heterocycles. The van der Waals surface area contributed by atoms with Crippen LogP contribution in [0.1, 0.15) is 58.8 Å². The van der Waals surface area contributed by atoms with Crippen molar-refractivity contribution < 1.29 is 0 Å². The first-order chi connectivity index (χ1) is 9.24. The molecule has 4 heteroatoms. The number of likely N-dealkylation sites (tertiary alicyclic amines) is 1. The summed E-state index contributed by atoms with van der Waals surface area (Å²) < 4.78 is 0. The Labute approximate surface area is 118 Å². The molecule has 1 aliphatic rings. The van der Waals surface area contributed by atoms with Crippen LogP contribution in [0.2, 0.25) is 0 Å². The lowest BCUT2D eigenvalue weighted by Crippen LogP contribution is -2.38. The summed E-state index contributed by atoms with van der Waals surface area (Å²) >= 11 is 0. The summed E-state index contributed by atoms with van der Waals surface area (Å²) in [6.45, 7) is 8.83. The largest absolute Gasteiger partial charge is 0.370 e. The molecule has 4 nitrogen and oxygen atoms in total. The predicted molar refractivity (Wildman–Crippen MR) is 83.5 cm³/mol. The Morgan fingerprint density at radius 2 is 2.16 bits per heavy atom. The minimum atomic E-state index is 0.611. The average molecular weight is 268 g/mol. The van der Waals surface area contributed by atoms with E-state index >= 15 is 0 Å². The number of nitrogens with zero attached hydrogens (tertiary/aromatic N) is 2. The predicted octanol–water partition coefficient (Wildman–Crippen LogP) is 2.35. The third-order valence-electron chi connectivity index (χ3n) is 3.91. The normalized spacial score (nSPS) is 21.6. The van der Waals surface area contributed by atoms with Crippen LogP contribution in [0.15, 0.2) is 4.99 Å². The van der Waals surface area contributed by atoms with Crippen LogP contribution in [-0.2, 0) is 0 Å². The average Bonchev–Trinajstić information content (AvgIpc) is 2.41. The molecule has 1 unspecified atom stereocenters. The monoisotopic (exact) mass is 268 g/mol. The summed E-state index contributed by atoms with van der Waals surface area (Å²) in [6.07, 6.45) is 8.86. The maximum Gasteiger partial charge on any atom is 0.188 e. The van der Waals surface area contributed by atoms with Crippen molar-refractivity contribution in [2.75, 3.05) is 26.2 Å². The van der Waals surface area contributed by atoms with E-state index in [-0.39, 0.29) is 0 Å². The van der Waals surface area contributed by atoms with Crippen molar-refractivity contribution in [3.05, 3.63) is 0 Å². The Morgan fingerprint density at radius 3 is 2.89 bits per heavy atom. The molecule has 0 amide bonds. The van der Waals surface area contributed by atoms with Crippen LogP contribution < -0.4 is 11.1 Å².